The van der Waals surface area contributed by atoms with E-state index in [9.17, 15) is 19.5 Å². The Labute approximate surface area is 217 Å². The number of rotatable bonds is 7. The number of fused-ring (bicyclic) bond motifs is 2. The Morgan fingerprint density at radius 3 is 2.53 bits per heavy atom. The lowest BCUT2D eigenvalue weighted by molar-refractivity contribution is -0.145. The Kier molecular flexibility index (Phi) is 7.01. The molecule has 1 spiro atoms. The SMILES string of the molecule is CCCCN1CC=C[C@]23S[C@H]4C=CCN(c5ccccc5)C(=O)[C@H]4[C@H]2C(=O)N([C@@H](CC)CO)C3C1=O. The fourth-order valence-corrected chi connectivity index (χ4v) is 8.31. The maximum Gasteiger partial charge on any atom is 0.247 e. The lowest BCUT2D eigenvalue weighted by atomic mass is 9.78. The first-order valence-electron chi connectivity index (χ1n) is 13.1. The van der Waals surface area contributed by atoms with Crippen LogP contribution in [0.15, 0.2) is 54.6 Å². The third kappa shape index (κ3) is 3.80. The molecule has 2 fully saturated rings. The molecule has 0 radical (unpaired) electrons. The number of carbonyl (C=O) groups excluding carboxylic acids is 3. The summed E-state index contributed by atoms with van der Waals surface area (Å²) in [6, 6.07) is 8.36. The third-order valence-electron chi connectivity index (χ3n) is 8.10. The number of benzene rings is 1. The summed E-state index contributed by atoms with van der Waals surface area (Å²) in [5.41, 5.74) is 0.803. The van der Waals surface area contributed by atoms with Gasteiger partial charge in [-0.3, -0.25) is 14.4 Å². The monoisotopic (exact) mass is 509 g/mol. The summed E-state index contributed by atoms with van der Waals surface area (Å²) in [5.74, 6) is -1.58. The van der Waals surface area contributed by atoms with Crippen LogP contribution in [0.2, 0.25) is 0 Å². The summed E-state index contributed by atoms with van der Waals surface area (Å²) < 4.78 is -0.841. The summed E-state index contributed by atoms with van der Waals surface area (Å²) in [4.78, 5) is 47.7. The van der Waals surface area contributed by atoms with Crippen molar-refractivity contribution >= 4 is 35.2 Å². The van der Waals surface area contributed by atoms with E-state index in [1.165, 1.54) is 0 Å². The number of amides is 3. The number of para-hydroxylation sites is 1. The number of anilines is 1. The van der Waals surface area contributed by atoms with Crippen LogP contribution in [0.4, 0.5) is 5.69 Å². The quantitative estimate of drug-likeness (QED) is 0.572. The number of aliphatic hydroxyl groups is 1. The van der Waals surface area contributed by atoms with Crippen molar-refractivity contribution in [2.24, 2.45) is 11.8 Å². The number of aliphatic hydroxyl groups excluding tert-OH is 1. The molecule has 1 aromatic rings. The number of nitrogens with zero attached hydrogens (tertiary/aromatic N) is 3. The van der Waals surface area contributed by atoms with Crippen LogP contribution in [0.5, 0.6) is 0 Å². The summed E-state index contributed by atoms with van der Waals surface area (Å²) in [6.45, 7) is 5.39. The second kappa shape index (κ2) is 10.1. The third-order valence-corrected chi connectivity index (χ3v) is 9.85. The van der Waals surface area contributed by atoms with Crippen LogP contribution in [0, 0.1) is 11.8 Å². The summed E-state index contributed by atoms with van der Waals surface area (Å²) >= 11 is 1.59. The molecule has 0 saturated carbocycles. The predicted octanol–water partition coefficient (Wildman–Crippen LogP) is 2.86. The molecule has 192 valence electrons. The molecule has 4 aliphatic rings. The number of carbonyl (C=O) groups is 3. The average Bonchev–Trinajstić information content (AvgIpc) is 3.21. The Morgan fingerprint density at radius 1 is 1.06 bits per heavy atom. The molecule has 1 N–H and O–H groups in total. The first-order valence-corrected chi connectivity index (χ1v) is 14.0. The predicted molar refractivity (Wildman–Crippen MR) is 141 cm³/mol. The van der Waals surface area contributed by atoms with Gasteiger partial charge in [0.15, 0.2) is 0 Å². The highest BCUT2D eigenvalue weighted by Crippen LogP contribution is 2.61. The summed E-state index contributed by atoms with van der Waals surface area (Å²) in [6.07, 6.45) is 10.5. The highest BCUT2D eigenvalue weighted by molar-refractivity contribution is 8.02. The van der Waals surface area contributed by atoms with Gasteiger partial charge in [0.25, 0.3) is 0 Å². The molecule has 8 heteroatoms. The van der Waals surface area contributed by atoms with Crippen LogP contribution >= 0.6 is 11.8 Å². The van der Waals surface area contributed by atoms with E-state index in [0.29, 0.717) is 26.1 Å². The van der Waals surface area contributed by atoms with Crippen molar-refractivity contribution in [2.75, 3.05) is 31.1 Å². The van der Waals surface area contributed by atoms with E-state index in [0.717, 1.165) is 18.5 Å². The van der Waals surface area contributed by atoms with Gasteiger partial charge < -0.3 is 19.8 Å². The maximum absolute atomic E-state index is 14.2. The van der Waals surface area contributed by atoms with Crippen LogP contribution < -0.4 is 4.90 Å². The Hall–Kier alpha value is -2.58. The molecule has 6 atom stereocenters. The molecule has 5 rings (SSSR count). The van der Waals surface area contributed by atoms with Crippen LogP contribution in [0.25, 0.3) is 0 Å². The molecule has 1 unspecified atom stereocenters. The second-order valence-electron chi connectivity index (χ2n) is 10.1. The molecule has 4 aliphatic heterocycles. The van der Waals surface area contributed by atoms with E-state index in [2.05, 4.69) is 13.0 Å². The van der Waals surface area contributed by atoms with Crippen LogP contribution in [0.3, 0.4) is 0 Å². The Morgan fingerprint density at radius 2 is 1.83 bits per heavy atom. The maximum atomic E-state index is 14.2. The van der Waals surface area contributed by atoms with Crippen molar-refractivity contribution in [3.05, 3.63) is 54.6 Å². The van der Waals surface area contributed by atoms with Gasteiger partial charge in [0.1, 0.15) is 6.04 Å². The van der Waals surface area contributed by atoms with Gasteiger partial charge in [0.05, 0.1) is 29.2 Å². The molecule has 0 bridgehead atoms. The molecular weight excluding hydrogens is 474 g/mol. The van der Waals surface area contributed by atoms with Gasteiger partial charge in [-0.25, -0.2) is 0 Å². The minimum atomic E-state index is -0.841. The molecule has 7 nitrogen and oxygen atoms in total. The van der Waals surface area contributed by atoms with E-state index < -0.39 is 28.7 Å². The van der Waals surface area contributed by atoms with E-state index in [-0.39, 0.29) is 29.6 Å². The van der Waals surface area contributed by atoms with Crippen LogP contribution in [-0.2, 0) is 14.4 Å². The minimum Gasteiger partial charge on any atom is -0.394 e. The zero-order chi connectivity index (χ0) is 25.4. The standard InChI is InChI=1S/C28H35N3O4S/c1-3-5-15-29-16-10-14-28-23(26(34)31(19(4-2)18-32)24(28)27(29)35)22-21(36-28)13-9-17-30(25(22)33)20-11-7-6-8-12-20/h6-14,19,21-24,32H,3-5,15-18H2,1-2H3/t19-,21-,22+,23-,24?,28-/m0/s1. The Bertz CT molecular complexity index is 1070. The van der Waals surface area contributed by atoms with E-state index in [1.807, 2.05) is 60.4 Å². The van der Waals surface area contributed by atoms with Gasteiger partial charge in [-0.15, -0.1) is 11.8 Å². The normalized spacial score (nSPS) is 32.3. The zero-order valence-corrected chi connectivity index (χ0v) is 21.8. The zero-order valence-electron chi connectivity index (χ0n) is 21.0. The second-order valence-corrected chi connectivity index (χ2v) is 11.6. The fourth-order valence-electron chi connectivity index (χ4n) is 6.32. The highest BCUT2D eigenvalue weighted by Gasteiger charge is 2.71. The van der Waals surface area contributed by atoms with E-state index in [4.69, 9.17) is 0 Å². The lowest BCUT2D eigenvalue weighted by Gasteiger charge is -2.38. The van der Waals surface area contributed by atoms with Crippen LogP contribution in [0.1, 0.15) is 33.1 Å². The van der Waals surface area contributed by atoms with Gasteiger partial charge >= 0.3 is 0 Å². The molecule has 4 heterocycles. The molecular formula is C28H35N3O4S. The topological polar surface area (TPSA) is 81.2 Å². The van der Waals surface area contributed by atoms with Crippen molar-refractivity contribution in [2.45, 2.75) is 55.2 Å². The van der Waals surface area contributed by atoms with Crippen molar-refractivity contribution < 1.29 is 19.5 Å². The first-order chi connectivity index (χ1) is 17.5. The van der Waals surface area contributed by atoms with E-state index >= 15 is 0 Å². The molecule has 36 heavy (non-hydrogen) atoms. The number of hydrogen-bond donors (Lipinski definition) is 1. The van der Waals surface area contributed by atoms with Crippen molar-refractivity contribution in [1.29, 1.82) is 0 Å². The molecule has 0 aromatic heterocycles. The first kappa shape index (κ1) is 25.1. The summed E-state index contributed by atoms with van der Waals surface area (Å²) in [7, 11) is 0. The number of unbranched alkanes of at least 4 members (excludes halogenated alkanes) is 1. The smallest absolute Gasteiger partial charge is 0.247 e. The van der Waals surface area contributed by atoms with Crippen molar-refractivity contribution in [1.82, 2.24) is 9.80 Å². The Balaban J connectivity index is 1.60. The number of hydrogen-bond acceptors (Lipinski definition) is 5. The van der Waals surface area contributed by atoms with E-state index in [1.54, 1.807) is 21.6 Å². The van der Waals surface area contributed by atoms with Crippen molar-refractivity contribution in [3.63, 3.8) is 0 Å². The molecule has 0 aliphatic carbocycles. The fraction of sp³-hybridized carbons (Fsp3) is 0.536. The van der Waals surface area contributed by atoms with Crippen LogP contribution in [-0.4, -0.2) is 80.9 Å². The average molecular weight is 510 g/mol. The number of likely N-dealkylation sites (tertiary alicyclic amines) is 1. The minimum absolute atomic E-state index is 0.0727. The van der Waals surface area contributed by atoms with Gasteiger partial charge in [-0.1, -0.05) is 62.8 Å². The largest absolute Gasteiger partial charge is 0.394 e. The van der Waals surface area contributed by atoms with Crippen molar-refractivity contribution in [3.8, 4) is 0 Å². The van der Waals surface area contributed by atoms with Gasteiger partial charge in [0.2, 0.25) is 17.7 Å². The molecule has 3 amide bonds. The molecule has 2 saturated heterocycles. The molecule has 1 aromatic carbocycles. The highest BCUT2D eigenvalue weighted by atomic mass is 32.2. The van der Waals surface area contributed by atoms with Gasteiger partial charge in [-0.05, 0) is 25.0 Å². The number of thioether (sulfide) groups is 1. The van der Waals surface area contributed by atoms with Gasteiger partial charge in [0, 0.05) is 30.6 Å². The summed E-state index contributed by atoms with van der Waals surface area (Å²) in [5, 5.41) is 10.0. The lowest BCUT2D eigenvalue weighted by Crippen LogP contribution is -2.56. The van der Waals surface area contributed by atoms with Gasteiger partial charge in [-0.2, -0.15) is 0 Å².